The zero-order valence-electron chi connectivity index (χ0n) is 19.8. The average molecular weight is 468 g/mol. The minimum Gasteiger partial charge on any atom is -0.493 e. The molecule has 0 unspecified atom stereocenters. The van der Waals surface area contributed by atoms with Crippen LogP contribution in [0.1, 0.15) is 0 Å². The SMILES string of the molecule is COc1cc(-c2cnc3[nH]cc(-c4ccc5[nH]ccc5c4)c3c2)ccc1OCCN1CCNCC1. The molecule has 0 amide bonds. The number of hydrogen-bond acceptors (Lipinski definition) is 5. The van der Waals surface area contributed by atoms with Gasteiger partial charge in [-0.2, -0.15) is 0 Å². The second-order valence-corrected chi connectivity index (χ2v) is 8.91. The van der Waals surface area contributed by atoms with E-state index >= 15 is 0 Å². The highest BCUT2D eigenvalue weighted by atomic mass is 16.5. The van der Waals surface area contributed by atoms with Gasteiger partial charge in [-0.3, -0.25) is 4.90 Å². The summed E-state index contributed by atoms with van der Waals surface area (Å²) in [6.07, 6.45) is 5.90. The Kier molecular flexibility index (Phi) is 5.86. The van der Waals surface area contributed by atoms with Gasteiger partial charge < -0.3 is 24.8 Å². The number of nitrogens with zero attached hydrogens (tertiary/aromatic N) is 2. The van der Waals surface area contributed by atoms with Crippen LogP contribution in [0.15, 0.2) is 67.1 Å². The van der Waals surface area contributed by atoms with Gasteiger partial charge in [0.15, 0.2) is 11.5 Å². The van der Waals surface area contributed by atoms with Crippen molar-refractivity contribution in [1.82, 2.24) is 25.2 Å². The van der Waals surface area contributed by atoms with Crippen LogP contribution >= 0.6 is 0 Å². The third-order valence-electron chi connectivity index (χ3n) is 6.77. The quantitative estimate of drug-likeness (QED) is 0.324. The molecule has 3 aromatic heterocycles. The van der Waals surface area contributed by atoms with Crippen LogP contribution in [0.3, 0.4) is 0 Å². The maximum Gasteiger partial charge on any atom is 0.161 e. The number of ether oxygens (including phenoxy) is 2. The number of benzene rings is 2. The number of aromatic amines is 2. The molecule has 0 bridgehead atoms. The molecule has 6 rings (SSSR count). The summed E-state index contributed by atoms with van der Waals surface area (Å²) in [6, 6.07) is 16.8. The van der Waals surface area contributed by atoms with Crippen LogP contribution in [0.25, 0.3) is 44.2 Å². The molecule has 1 aliphatic heterocycles. The highest BCUT2D eigenvalue weighted by molar-refractivity contribution is 5.98. The Hall–Kier alpha value is -3.81. The molecule has 1 saturated heterocycles. The van der Waals surface area contributed by atoms with Gasteiger partial charge in [0.2, 0.25) is 0 Å². The number of piperazine rings is 1. The fourth-order valence-corrected chi connectivity index (χ4v) is 4.81. The van der Waals surface area contributed by atoms with E-state index in [0.29, 0.717) is 6.61 Å². The molecule has 7 heteroatoms. The van der Waals surface area contributed by atoms with Crippen molar-refractivity contribution in [3.63, 3.8) is 0 Å². The fourth-order valence-electron chi connectivity index (χ4n) is 4.81. The van der Waals surface area contributed by atoms with E-state index < -0.39 is 0 Å². The maximum absolute atomic E-state index is 6.07. The van der Waals surface area contributed by atoms with E-state index in [0.717, 1.165) is 83.0 Å². The molecule has 0 aliphatic carbocycles. The molecule has 4 heterocycles. The predicted octanol–water partition coefficient (Wildman–Crippen LogP) is 4.67. The highest BCUT2D eigenvalue weighted by Crippen LogP contribution is 2.35. The molecule has 178 valence electrons. The standard InChI is InChI=1S/C28H29N5O2/c1-34-27-16-19(3-5-26(27)35-13-12-33-10-8-29-9-11-33)22-15-23-24(18-32-28(23)31-17-22)20-2-4-25-21(14-20)6-7-30-25/h2-7,14-18,29-30H,8-13H2,1H3,(H,31,32). The number of pyridine rings is 1. The van der Waals surface area contributed by atoms with Gasteiger partial charge >= 0.3 is 0 Å². The van der Waals surface area contributed by atoms with Crippen LogP contribution in [0.4, 0.5) is 0 Å². The first-order valence-corrected chi connectivity index (χ1v) is 12.1. The smallest absolute Gasteiger partial charge is 0.161 e. The van der Waals surface area contributed by atoms with Crippen LogP contribution in [0.5, 0.6) is 11.5 Å². The molecular formula is C28H29N5O2. The van der Waals surface area contributed by atoms with Crippen molar-refractivity contribution >= 4 is 21.9 Å². The molecular weight excluding hydrogens is 438 g/mol. The monoisotopic (exact) mass is 467 g/mol. The van der Waals surface area contributed by atoms with Gasteiger partial charge in [0.25, 0.3) is 0 Å². The minimum absolute atomic E-state index is 0.640. The van der Waals surface area contributed by atoms with Crippen LogP contribution in [-0.2, 0) is 0 Å². The number of methoxy groups -OCH3 is 1. The van der Waals surface area contributed by atoms with E-state index in [1.165, 1.54) is 5.39 Å². The van der Waals surface area contributed by atoms with E-state index in [2.05, 4.69) is 56.6 Å². The van der Waals surface area contributed by atoms with E-state index in [9.17, 15) is 0 Å². The van der Waals surface area contributed by atoms with E-state index in [1.54, 1.807) is 7.11 Å². The summed E-state index contributed by atoms with van der Waals surface area (Å²) in [7, 11) is 1.69. The van der Waals surface area contributed by atoms with E-state index in [1.807, 2.05) is 30.7 Å². The molecule has 2 aromatic carbocycles. The van der Waals surface area contributed by atoms with Crippen molar-refractivity contribution in [2.75, 3.05) is 46.4 Å². The van der Waals surface area contributed by atoms with Gasteiger partial charge in [-0.25, -0.2) is 4.98 Å². The highest BCUT2D eigenvalue weighted by Gasteiger charge is 2.13. The minimum atomic E-state index is 0.640. The molecule has 1 aliphatic rings. The lowest BCUT2D eigenvalue weighted by atomic mass is 10.0. The first kappa shape index (κ1) is 21.7. The van der Waals surface area contributed by atoms with Crippen molar-refractivity contribution in [2.24, 2.45) is 0 Å². The van der Waals surface area contributed by atoms with E-state index in [4.69, 9.17) is 14.5 Å². The average Bonchev–Trinajstić information content (AvgIpc) is 3.55. The number of fused-ring (bicyclic) bond motifs is 2. The maximum atomic E-state index is 6.07. The summed E-state index contributed by atoms with van der Waals surface area (Å²) in [4.78, 5) is 13.7. The fraction of sp³-hybridized carbons (Fsp3) is 0.250. The second kappa shape index (κ2) is 9.44. The summed E-state index contributed by atoms with van der Waals surface area (Å²) in [5.41, 5.74) is 6.38. The van der Waals surface area contributed by atoms with Crippen LogP contribution in [-0.4, -0.2) is 66.3 Å². The Balaban J connectivity index is 1.26. The lowest BCUT2D eigenvalue weighted by molar-refractivity contribution is 0.188. The van der Waals surface area contributed by atoms with Gasteiger partial charge in [-0.15, -0.1) is 0 Å². The van der Waals surface area contributed by atoms with Crippen molar-refractivity contribution in [2.45, 2.75) is 0 Å². The Morgan fingerprint density at radius 1 is 0.914 bits per heavy atom. The van der Waals surface area contributed by atoms with Gasteiger partial charge in [0, 0.05) is 73.3 Å². The van der Waals surface area contributed by atoms with Crippen molar-refractivity contribution in [3.8, 4) is 33.8 Å². The van der Waals surface area contributed by atoms with Crippen LogP contribution < -0.4 is 14.8 Å². The third kappa shape index (κ3) is 4.36. The van der Waals surface area contributed by atoms with Crippen LogP contribution in [0, 0.1) is 0 Å². The molecule has 0 atom stereocenters. The topological polar surface area (TPSA) is 78.2 Å². The molecule has 5 aromatic rings. The molecule has 0 radical (unpaired) electrons. The number of H-pyrrole nitrogens is 2. The molecule has 1 fully saturated rings. The van der Waals surface area contributed by atoms with E-state index in [-0.39, 0.29) is 0 Å². The summed E-state index contributed by atoms with van der Waals surface area (Å²) < 4.78 is 11.7. The first-order chi connectivity index (χ1) is 17.3. The van der Waals surface area contributed by atoms with Crippen LogP contribution in [0.2, 0.25) is 0 Å². The summed E-state index contributed by atoms with van der Waals surface area (Å²) in [5, 5.41) is 5.66. The zero-order chi connectivity index (χ0) is 23.6. The van der Waals surface area contributed by atoms with Gasteiger partial charge in [0.05, 0.1) is 7.11 Å². The number of hydrogen-bond donors (Lipinski definition) is 3. The number of nitrogens with one attached hydrogen (secondary N) is 3. The Morgan fingerprint density at radius 2 is 1.80 bits per heavy atom. The lowest BCUT2D eigenvalue weighted by Crippen LogP contribution is -2.44. The molecule has 7 nitrogen and oxygen atoms in total. The largest absolute Gasteiger partial charge is 0.493 e. The normalized spacial score (nSPS) is 14.5. The van der Waals surface area contributed by atoms with Gasteiger partial charge in [-0.05, 0) is 52.9 Å². The first-order valence-electron chi connectivity index (χ1n) is 12.1. The lowest BCUT2D eigenvalue weighted by Gasteiger charge is -2.27. The molecule has 0 saturated carbocycles. The second-order valence-electron chi connectivity index (χ2n) is 8.91. The Bertz CT molecular complexity index is 1470. The summed E-state index contributed by atoms with van der Waals surface area (Å²) in [5.74, 6) is 1.50. The summed E-state index contributed by atoms with van der Waals surface area (Å²) in [6.45, 7) is 5.77. The Labute approximate surface area is 204 Å². The zero-order valence-corrected chi connectivity index (χ0v) is 19.8. The summed E-state index contributed by atoms with van der Waals surface area (Å²) >= 11 is 0. The number of aromatic nitrogens is 3. The van der Waals surface area contributed by atoms with Crippen molar-refractivity contribution < 1.29 is 9.47 Å². The Morgan fingerprint density at radius 3 is 2.69 bits per heavy atom. The third-order valence-corrected chi connectivity index (χ3v) is 6.77. The predicted molar refractivity (Wildman–Crippen MR) is 140 cm³/mol. The molecule has 0 spiro atoms. The number of rotatable bonds is 7. The molecule has 3 N–H and O–H groups in total. The molecule has 35 heavy (non-hydrogen) atoms. The van der Waals surface area contributed by atoms with Gasteiger partial charge in [-0.1, -0.05) is 12.1 Å². The van der Waals surface area contributed by atoms with Crippen molar-refractivity contribution in [1.29, 1.82) is 0 Å². The van der Waals surface area contributed by atoms with Crippen molar-refractivity contribution in [3.05, 3.63) is 67.1 Å². The van der Waals surface area contributed by atoms with Gasteiger partial charge in [0.1, 0.15) is 12.3 Å².